The summed E-state index contributed by atoms with van der Waals surface area (Å²) in [7, 11) is 1.54. The minimum absolute atomic E-state index is 0.173. The van der Waals surface area contributed by atoms with Crippen LogP contribution in [-0.2, 0) is 0 Å². The minimum Gasteiger partial charge on any atom is -0.501 e. The van der Waals surface area contributed by atoms with Crippen LogP contribution >= 0.6 is 27.3 Å². The Labute approximate surface area is 126 Å². The van der Waals surface area contributed by atoms with E-state index < -0.39 is 5.43 Å². The summed E-state index contributed by atoms with van der Waals surface area (Å²) in [6, 6.07) is 8.46. The quantitative estimate of drug-likeness (QED) is 0.757. The largest absolute Gasteiger partial charge is 0.501 e. The molecule has 0 atom stereocenters. The molecule has 0 saturated heterocycles. The summed E-state index contributed by atoms with van der Waals surface area (Å²) in [5.74, 6) is 0.383. The molecule has 3 rings (SSSR count). The molecule has 0 aliphatic carbocycles. The third-order valence-electron chi connectivity index (χ3n) is 2.87. The van der Waals surface area contributed by atoms with Gasteiger partial charge in [-0.1, -0.05) is 0 Å². The van der Waals surface area contributed by atoms with Gasteiger partial charge in [0.2, 0.25) is 11.2 Å². The maximum atomic E-state index is 12.2. The molecule has 1 N–H and O–H groups in total. The molecule has 1 aromatic carbocycles. The average molecular weight is 353 g/mol. The van der Waals surface area contributed by atoms with Crippen molar-refractivity contribution in [2.75, 3.05) is 7.11 Å². The van der Waals surface area contributed by atoms with Crippen molar-refractivity contribution < 1.29 is 14.3 Å². The van der Waals surface area contributed by atoms with E-state index in [0.29, 0.717) is 21.6 Å². The fraction of sp³-hybridized carbons (Fsp3) is 0.0714. The van der Waals surface area contributed by atoms with E-state index in [1.807, 2.05) is 6.07 Å². The van der Waals surface area contributed by atoms with Crippen molar-refractivity contribution in [3.63, 3.8) is 0 Å². The molecular formula is C14H9BrO4S. The molecule has 0 aliphatic rings. The van der Waals surface area contributed by atoms with Crippen LogP contribution < -0.4 is 10.2 Å². The van der Waals surface area contributed by atoms with Crippen LogP contribution in [0.4, 0.5) is 0 Å². The smallest absolute Gasteiger partial charge is 0.235 e. The number of benzene rings is 1. The predicted octanol–water partition coefficient (Wildman–Crippen LogP) is 4.00. The Balaban J connectivity index is 2.33. The molecule has 0 aliphatic heterocycles. The van der Waals surface area contributed by atoms with Crippen LogP contribution in [0.3, 0.4) is 0 Å². The Morgan fingerprint density at radius 3 is 2.75 bits per heavy atom. The van der Waals surface area contributed by atoms with Gasteiger partial charge in [-0.15, -0.1) is 11.3 Å². The lowest BCUT2D eigenvalue weighted by atomic mass is 10.2. The Hall–Kier alpha value is -1.79. The zero-order valence-corrected chi connectivity index (χ0v) is 12.7. The molecule has 0 spiro atoms. The molecule has 102 valence electrons. The number of methoxy groups -OCH3 is 1. The SMILES string of the molecule is COc1ccc2c(=O)c(O)c(-c3ccc(Br)s3)oc2c1. The molecule has 0 fully saturated rings. The minimum atomic E-state index is -0.451. The standard InChI is InChI=1S/C14H9BrO4S/c1-18-7-2-3-8-9(6-7)19-14(13(17)12(8)16)10-4-5-11(15)20-10/h2-6,17H,1H3. The predicted molar refractivity (Wildman–Crippen MR) is 81.7 cm³/mol. The first kappa shape index (κ1) is 13.2. The number of fused-ring (bicyclic) bond motifs is 1. The molecule has 6 heteroatoms. The van der Waals surface area contributed by atoms with Crippen LogP contribution in [-0.4, -0.2) is 12.2 Å². The van der Waals surface area contributed by atoms with Gasteiger partial charge in [0.25, 0.3) is 0 Å². The van der Waals surface area contributed by atoms with E-state index in [4.69, 9.17) is 9.15 Å². The molecule has 0 amide bonds. The highest BCUT2D eigenvalue weighted by Crippen LogP contribution is 2.37. The lowest BCUT2D eigenvalue weighted by Crippen LogP contribution is -2.02. The number of ether oxygens (including phenoxy) is 1. The zero-order valence-electron chi connectivity index (χ0n) is 10.3. The van der Waals surface area contributed by atoms with Gasteiger partial charge < -0.3 is 14.3 Å². The molecule has 0 unspecified atom stereocenters. The van der Waals surface area contributed by atoms with Gasteiger partial charge in [0.15, 0.2) is 5.76 Å². The van der Waals surface area contributed by atoms with Crippen molar-refractivity contribution in [1.29, 1.82) is 0 Å². The van der Waals surface area contributed by atoms with Gasteiger partial charge in [-0.2, -0.15) is 0 Å². The molecule has 0 bridgehead atoms. The van der Waals surface area contributed by atoms with Gasteiger partial charge in [-0.3, -0.25) is 4.79 Å². The molecule has 0 radical (unpaired) electrons. The first-order valence-electron chi connectivity index (χ1n) is 5.69. The average Bonchev–Trinajstić information content (AvgIpc) is 2.88. The lowest BCUT2D eigenvalue weighted by Gasteiger charge is -2.05. The van der Waals surface area contributed by atoms with Gasteiger partial charge in [0.1, 0.15) is 11.3 Å². The number of aromatic hydroxyl groups is 1. The van der Waals surface area contributed by atoms with Gasteiger partial charge in [0.05, 0.1) is 21.2 Å². The Morgan fingerprint density at radius 1 is 1.30 bits per heavy atom. The Bertz CT molecular complexity index is 850. The van der Waals surface area contributed by atoms with Crippen LogP contribution in [0.2, 0.25) is 0 Å². The van der Waals surface area contributed by atoms with Crippen LogP contribution in [0.5, 0.6) is 11.5 Å². The molecule has 0 saturated carbocycles. The number of hydrogen-bond acceptors (Lipinski definition) is 5. The van der Waals surface area contributed by atoms with E-state index in [0.717, 1.165) is 3.79 Å². The summed E-state index contributed by atoms with van der Waals surface area (Å²) >= 11 is 4.72. The second-order valence-electron chi connectivity index (χ2n) is 4.07. The third-order valence-corrected chi connectivity index (χ3v) is 4.49. The summed E-state index contributed by atoms with van der Waals surface area (Å²) in [6.07, 6.45) is 0. The molecular weight excluding hydrogens is 344 g/mol. The second kappa shape index (κ2) is 4.96. The fourth-order valence-electron chi connectivity index (χ4n) is 1.89. The normalized spacial score (nSPS) is 10.9. The molecule has 4 nitrogen and oxygen atoms in total. The fourth-order valence-corrected chi connectivity index (χ4v) is 3.26. The van der Waals surface area contributed by atoms with Crippen LogP contribution in [0.25, 0.3) is 21.6 Å². The highest BCUT2D eigenvalue weighted by molar-refractivity contribution is 9.11. The topological polar surface area (TPSA) is 59.7 Å². The van der Waals surface area contributed by atoms with E-state index >= 15 is 0 Å². The van der Waals surface area contributed by atoms with E-state index in [1.54, 1.807) is 24.3 Å². The van der Waals surface area contributed by atoms with Gasteiger partial charge >= 0.3 is 0 Å². The third kappa shape index (κ3) is 2.10. The van der Waals surface area contributed by atoms with Crippen LogP contribution in [0.15, 0.2) is 43.3 Å². The maximum Gasteiger partial charge on any atom is 0.235 e. The first-order valence-corrected chi connectivity index (χ1v) is 7.30. The number of rotatable bonds is 2. The summed E-state index contributed by atoms with van der Waals surface area (Å²) in [5.41, 5.74) is -0.0694. The number of thiophene rings is 1. The molecule has 2 aromatic heterocycles. The summed E-state index contributed by atoms with van der Waals surface area (Å²) in [6.45, 7) is 0. The van der Waals surface area contributed by atoms with Crippen molar-refractivity contribution in [2.24, 2.45) is 0 Å². The van der Waals surface area contributed by atoms with Gasteiger partial charge in [-0.05, 0) is 40.2 Å². The first-order chi connectivity index (χ1) is 9.60. The maximum absolute atomic E-state index is 12.2. The molecule has 2 heterocycles. The van der Waals surface area contributed by atoms with Crippen molar-refractivity contribution >= 4 is 38.2 Å². The van der Waals surface area contributed by atoms with Crippen LogP contribution in [0.1, 0.15) is 0 Å². The van der Waals surface area contributed by atoms with Crippen molar-refractivity contribution in [3.05, 3.63) is 44.3 Å². The van der Waals surface area contributed by atoms with Crippen molar-refractivity contribution in [3.8, 4) is 22.1 Å². The number of halogens is 1. The second-order valence-corrected chi connectivity index (χ2v) is 6.54. The molecule has 3 aromatic rings. The monoisotopic (exact) mass is 352 g/mol. The zero-order chi connectivity index (χ0) is 14.3. The lowest BCUT2D eigenvalue weighted by molar-refractivity contribution is 0.413. The van der Waals surface area contributed by atoms with E-state index in [-0.39, 0.29) is 11.5 Å². The van der Waals surface area contributed by atoms with E-state index in [2.05, 4.69) is 15.9 Å². The molecule has 20 heavy (non-hydrogen) atoms. The van der Waals surface area contributed by atoms with Crippen LogP contribution in [0, 0.1) is 0 Å². The van der Waals surface area contributed by atoms with Crippen molar-refractivity contribution in [1.82, 2.24) is 0 Å². The highest BCUT2D eigenvalue weighted by Gasteiger charge is 2.17. The van der Waals surface area contributed by atoms with Crippen molar-refractivity contribution in [2.45, 2.75) is 0 Å². The summed E-state index contributed by atoms with van der Waals surface area (Å²) in [5, 5.41) is 10.4. The van der Waals surface area contributed by atoms with E-state index in [9.17, 15) is 9.90 Å². The summed E-state index contributed by atoms with van der Waals surface area (Å²) in [4.78, 5) is 12.8. The number of hydrogen-bond donors (Lipinski definition) is 1. The Morgan fingerprint density at radius 2 is 2.10 bits per heavy atom. The van der Waals surface area contributed by atoms with E-state index in [1.165, 1.54) is 18.4 Å². The van der Waals surface area contributed by atoms with Gasteiger partial charge in [-0.25, -0.2) is 0 Å². The highest BCUT2D eigenvalue weighted by atomic mass is 79.9. The Kier molecular flexibility index (Phi) is 3.27. The van der Waals surface area contributed by atoms with Gasteiger partial charge in [0, 0.05) is 6.07 Å². The summed E-state index contributed by atoms with van der Waals surface area (Å²) < 4.78 is 11.7.